The van der Waals surface area contributed by atoms with Gasteiger partial charge in [-0.1, -0.05) is 48.0 Å². The van der Waals surface area contributed by atoms with Crippen LogP contribution in [0.25, 0.3) is 17.5 Å². The number of H-pyrrole nitrogens is 1. The summed E-state index contributed by atoms with van der Waals surface area (Å²) in [6, 6.07) is 15.3. The number of methoxy groups -OCH3 is 1. The Bertz CT molecular complexity index is 931. The van der Waals surface area contributed by atoms with E-state index in [1.807, 2.05) is 60.7 Å². The maximum absolute atomic E-state index is 5.89. The minimum absolute atomic E-state index is 0.487. The first-order chi connectivity index (χ1) is 12.2. The van der Waals surface area contributed by atoms with Gasteiger partial charge < -0.3 is 10.2 Å². The van der Waals surface area contributed by atoms with Crippen molar-refractivity contribution in [2.45, 2.75) is 0 Å². The Balaban J connectivity index is 1.76. The fraction of sp³-hybridized carbons (Fsp3) is 0.111. The molecule has 0 bridgehead atoms. The molecule has 0 aliphatic carbocycles. The van der Waals surface area contributed by atoms with Crippen LogP contribution >= 0.6 is 23.8 Å². The fourth-order valence-electron chi connectivity index (χ4n) is 2.37. The smallest absolute Gasteiger partial charge is 0.214 e. The zero-order chi connectivity index (χ0) is 17.6. The second-order valence-electron chi connectivity index (χ2n) is 5.20. The molecule has 0 fully saturated rings. The Kier molecular flexibility index (Phi) is 5.53. The van der Waals surface area contributed by atoms with Gasteiger partial charge in [0.05, 0.1) is 12.7 Å². The van der Waals surface area contributed by atoms with Crippen LogP contribution in [0.2, 0.25) is 5.02 Å². The molecule has 25 heavy (non-hydrogen) atoms. The van der Waals surface area contributed by atoms with Crippen molar-refractivity contribution < 1.29 is 4.74 Å². The highest BCUT2D eigenvalue weighted by molar-refractivity contribution is 7.71. The zero-order valence-electron chi connectivity index (χ0n) is 13.6. The van der Waals surface area contributed by atoms with Gasteiger partial charge in [-0.05, 0) is 42.0 Å². The summed E-state index contributed by atoms with van der Waals surface area (Å²) in [5.41, 5.74) is 5.17. The van der Waals surface area contributed by atoms with Gasteiger partial charge in [0.1, 0.15) is 5.75 Å². The van der Waals surface area contributed by atoms with Gasteiger partial charge in [-0.2, -0.15) is 5.10 Å². The monoisotopic (exact) mass is 372 g/mol. The van der Waals surface area contributed by atoms with Gasteiger partial charge in [-0.25, -0.2) is 9.77 Å². The second-order valence-corrected chi connectivity index (χ2v) is 6.03. The zero-order valence-corrected chi connectivity index (χ0v) is 15.1. The van der Waals surface area contributed by atoms with Crippen LogP contribution in [0.1, 0.15) is 5.56 Å². The number of benzene rings is 2. The van der Waals surface area contributed by atoms with Crippen molar-refractivity contribution in [1.29, 1.82) is 0 Å². The summed E-state index contributed by atoms with van der Waals surface area (Å²) in [5, 5.41) is 7.84. The summed E-state index contributed by atoms with van der Waals surface area (Å²) in [5.74, 6) is 1.40. The first-order valence-electron chi connectivity index (χ1n) is 7.66. The van der Waals surface area contributed by atoms with Gasteiger partial charge in [0.25, 0.3) is 0 Å². The lowest BCUT2D eigenvalue weighted by molar-refractivity contribution is 0.416. The Labute approximate surface area is 155 Å². The minimum Gasteiger partial charge on any atom is -0.496 e. The highest BCUT2D eigenvalue weighted by atomic mass is 35.5. The molecule has 7 heteroatoms. The highest BCUT2D eigenvalue weighted by Crippen LogP contribution is 2.27. The molecule has 128 valence electrons. The maximum atomic E-state index is 5.89. The molecule has 1 aromatic heterocycles. The second kappa shape index (κ2) is 8.00. The van der Waals surface area contributed by atoms with Crippen LogP contribution in [0, 0.1) is 4.77 Å². The predicted molar refractivity (Wildman–Crippen MR) is 104 cm³/mol. The summed E-state index contributed by atoms with van der Waals surface area (Å²) >= 11 is 11.2. The van der Waals surface area contributed by atoms with Crippen molar-refractivity contribution in [2.24, 2.45) is 0 Å². The summed E-state index contributed by atoms with van der Waals surface area (Å²) in [4.78, 5) is 0. The molecular weight excluding hydrogens is 356 g/mol. The van der Waals surface area contributed by atoms with E-state index in [1.54, 1.807) is 11.8 Å². The fourth-order valence-corrected chi connectivity index (χ4v) is 2.69. The average molecular weight is 373 g/mol. The van der Waals surface area contributed by atoms with E-state index < -0.39 is 0 Å². The van der Waals surface area contributed by atoms with E-state index in [-0.39, 0.29) is 0 Å². The number of ether oxygens (including phenoxy) is 1. The topological polar surface area (TPSA) is 54.9 Å². The van der Waals surface area contributed by atoms with E-state index in [2.05, 4.69) is 15.6 Å². The van der Waals surface area contributed by atoms with Crippen LogP contribution in [0.3, 0.4) is 0 Å². The quantitative estimate of drug-likeness (QED) is 0.624. The van der Waals surface area contributed by atoms with Gasteiger partial charge in [-0.15, -0.1) is 0 Å². The van der Waals surface area contributed by atoms with Crippen molar-refractivity contribution in [1.82, 2.24) is 14.9 Å². The SMILES string of the molecule is COc1ccccc1-c1n[nH]c(=S)n1NCC=Cc1ccc(Cl)cc1. The van der Waals surface area contributed by atoms with Crippen molar-refractivity contribution in [3.8, 4) is 17.1 Å². The maximum Gasteiger partial charge on any atom is 0.214 e. The molecule has 1 heterocycles. The number of hydrogen-bond donors (Lipinski definition) is 2. The van der Waals surface area contributed by atoms with Crippen molar-refractivity contribution >= 4 is 29.9 Å². The van der Waals surface area contributed by atoms with E-state index >= 15 is 0 Å². The van der Waals surface area contributed by atoms with Crippen LogP contribution in [0.5, 0.6) is 5.75 Å². The van der Waals surface area contributed by atoms with E-state index in [1.165, 1.54) is 0 Å². The lowest BCUT2D eigenvalue weighted by Gasteiger charge is -2.10. The highest BCUT2D eigenvalue weighted by Gasteiger charge is 2.12. The van der Waals surface area contributed by atoms with Gasteiger partial charge in [0.2, 0.25) is 4.77 Å². The van der Waals surface area contributed by atoms with E-state index in [0.717, 1.165) is 21.9 Å². The number of aromatic amines is 1. The molecule has 0 aliphatic heterocycles. The van der Waals surface area contributed by atoms with Crippen LogP contribution in [-0.2, 0) is 0 Å². The van der Waals surface area contributed by atoms with Crippen molar-refractivity contribution in [3.05, 3.63) is 70.0 Å². The summed E-state index contributed by atoms with van der Waals surface area (Å²) < 4.78 is 7.63. The van der Waals surface area contributed by atoms with Crippen LogP contribution in [0.15, 0.2) is 54.6 Å². The number of para-hydroxylation sites is 1. The molecule has 2 N–H and O–H groups in total. The Morgan fingerprint density at radius 3 is 2.76 bits per heavy atom. The molecule has 2 aromatic carbocycles. The molecule has 0 saturated carbocycles. The molecule has 3 rings (SSSR count). The number of rotatable bonds is 6. The Morgan fingerprint density at radius 1 is 1.24 bits per heavy atom. The van der Waals surface area contributed by atoms with E-state index in [4.69, 9.17) is 28.6 Å². The molecule has 0 unspecified atom stereocenters. The molecular formula is C18H17ClN4OS. The van der Waals surface area contributed by atoms with E-state index in [9.17, 15) is 0 Å². The molecule has 3 aromatic rings. The van der Waals surface area contributed by atoms with Gasteiger partial charge in [-0.3, -0.25) is 0 Å². The summed E-state index contributed by atoms with van der Waals surface area (Å²) in [6.07, 6.45) is 4.01. The Morgan fingerprint density at radius 2 is 2.00 bits per heavy atom. The number of nitrogens with zero attached hydrogens (tertiary/aromatic N) is 2. The Hall–Kier alpha value is -2.57. The number of nitrogens with one attached hydrogen (secondary N) is 2. The number of hydrogen-bond acceptors (Lipinski definition) is 4. The summed E-state index contributed by atoms with van der Waals surface area (Å²) in [7, 11) is 1.63. The summed E-state index contributed by atoms with van der Waals surface area (Å²) in [6.45, 7) is 0.582. The normalized spacial score (nSPS) is 11.0. The molecule has 0 aliphatic rings. The third-order valence-corrected chi connectivity index (χ3v) is 4.09. The van der Waals surface area contributed by atoms with E-state index in [0.29, 0.717) is 17.1 Å². The molecule has 0 amide bonds. The minimum atomic E-state index is 0.487. The first-order valence-corrected chi connectivity index (χ1v) is 8.44. The van der Waals surface area contributed by atoms with Gasteiger partial charge in [0.15, 0.2) is 5.82 Å². The molecule has 0 atom stereocenters. The van der Waals surface area contributed by atoms with Crippen molar-refractivity contribution in [3.63, 3.8) is 0 Å². The lowest BCUT2D eigenvalue weighted by Crippen LogP contribution is -2.16. The van der Waals surface area contributed by atoms with Crippen LogP contribution in [-0.4, -0.2) is 28.5 Å². The number of aromatic nitrogens is 3. The third kappa shape index (κ3) is 4.10. The largest absolute Gasteiger partial charge is 0.496 e. The van der Waals surface area contributed by atoms with Crippen LogP contribution < -0.4 is 10.2 Å². The van der Waals surface area contributed by atoms with Gasteiger partial charge in [0, 0.05) is 11.6 Å². The van der Waals surface area contributed by atoms with Crippen LogP contribution in [0.4, 0.5) is 0 Å². The lowest BCUT2D eigenvalue weighted by atomic mass is 10.2. The molecule has 0 saturated heterocycles. The predicted octanol–water partition coefficient (Wildman–Crippen LogP) is 4.53. The molecule has 0 spiro atoms. The first kappa shape index (κ1) is 17.3. The molecule has 5 nitrogen and oxygen atoms in total. The third-order valence-electron chi connectivity index (χ3n) is 3.57. The number of halogens is 1. The van der Waals surface area contributed by atoms with Crippen molar-refractivity contribution in [2.75, 3.05) is 19.1 Å². The van der Waals surface area contributed by atoms with Gasteiger partial charge >= 0.3 is 0 Å². The molecule has 0 radical (unpaired) electrons. The average Bonchev–Trinajstić information content (AvgIpc) is 3.00. The standard InChI is InChI=1S/C18H17ClN4OS/c1-24-16-7-3-2-6-15(16)17-21-22-18(25)23(17)20-12-4-5-13-8-10-14(19)11-9-13/h2-11,20H,12H2,1H3,(H,22,25).